The van der Waals surface area contributed by atoms with Crippen molar-refractivity contribution in [2.24, 2.45) is 10.8 Å². The number of hydrogen-bond donors (Lipinski definition) is 2. The van der Waals surface area contributed by atoms with Crippen molar-refractivity contribution in [1.29, 1.82) is 0 Å². The lowest BCUT2D eigenvalue weighted by Crippen LogP contribution is -2.42. The maximum absolute atomic E-state index is 5.48. The zero-order valence-corrected chi connectivity index (χ0v) is 11.3. The number of aliphatic imine (C=N–C) groups is 1. The van der Waals surface area contributed by atoms with Crippen molar-refractivity contribution >= 4 is 5.96 Å². The van der Waals surface area contributed by atoms with Crippen LogP contribution in [0.3, 0.4) is 0 Å². The Balaban J connectivity index is 2.65. The molecule has 1 aromatic carbocycles. The largest absolute Gasteiger partial charge is 0.383 e. The average Bonchev–Trinajstić information content (AvgIpc) is 2.37. The topological polar surface area (TPSA) is 62.9 Å². The lowest BCUT2D eigenvalue weighted by molar-refractivity contribution is 0.207. The first kappa shape index (κ1) is 14.5. The smallest absolute Gasteiger partial charge is 0.208 e. The molecule has 0 saturated carbocycles. The highest BCUT2D eigenvalue weighted by Crippen LogP contribution is 2.09. The first-order chi connectivity index (χ1) is 8.69. The third-order valence-corrected chi connectivity index (χ3v) is 2.72. The van der Waals surface area contributed by atoms with Crippen LogP contribution >= 0.6 is 0 Å². The van der Waals surface area contributed by atoms with E-state index in [0.29, 0.717) is 19.1 Å². The fourth-order valence-corrected chi connectivity index (χ4v) is 1.64. The Morgan fingerprint density at radius 3 is 2.78 bits per heavy atom. The number of rotatable bonds is 5. The molecule has 0 saturated heterocycles. The summed E-state index contributed by atoms with van der Waals surface area (Å²) in [4.78, 5) is 6.32. The summed E-state index contributed by atoms with van der Waals surface area (Å²) in [7, 11) is 3.61. The first-order valence-corrected chi connectivity index (χ1v) is 5.94. The third-order valence-electron chi connectivity index (χ3n) is 2.72. The van der Waals surface area contributed by atoms with E-state index in [0.717, 1.165) is 6.54 Å². The van der Waals surface area contributed by atoms with Gasteiger partial charge in [0.1, 0.15) is 0 Å². The van der Waals surface area contributed by atoms with Gasteiger partial charge in [-0.15, -0.1) is 0 Å². The van der Waals surface area contributed by atoms with Crippen LogP contribution in [-0.4, -0.2) is 38.2 Å². The van der Waals surface area contributed by atoms with Crippen LogP contribution in [0.25, 0.3) is 0 Å². The molecule has 0 unspecified atom stereocenters. The van der Waals surface area contributed by atoms with Gasteiger partial charge < -0.3 is 9.64 Å². The second-order valence-electron chi connectivity index (χ2n) is 4.13. The predicted octanol–water partition coefficient (Wildman–Crippen LogP) is 0.893. The summed E-state index contributed by atoms with van der Waals surface area (Å²) >= 11 is 0. The van der Waals surface area contributed by atoms with Gasteiger partial charge in [0.05, 0.1) is 13.2 Å². The maximum atomic E-state index is 5.48. The maximum Gasteiger partial charge on any atom is 0.208 e. The monoisotopic (exact) mass is 250 g/mol. The molecule has 5 nitrogen and oxygen atoms in total. The van der Waals surface area contributed by atoms with Crippen molar-refractivity contribution in [3.05, 3.63) is 35.4 Å². The zero-order chi connectivity index (χ0) is 13.4. The minimum absolute atomic E-state index is 0.587. The average molecular weight is 250 g/mol. The molecule has 0 spiro atoms. The standard InChI is InChI=1S/C13H22N4O/c1-11-6-4-5-7-12(11)10-17(2)13(16-14)15-8-9-18-3/h4-7H,8-10,14H2,1-3H3,(H,15,16). The normalized spacial score (nSPS) is 11.4. The van der Waals surface area contributed by atoms with Crippen LogP contribution in [0.5, 0.6) is 0 Å². The van der Waals surface area contributed by atoms with Gasteiger partial charge in [-0.25, -0.2) is 10.8 Å². The van der Waals surface area contributed by atoms with E-state index >= 15 is 0 Å². The van der Waals surface area contributed by atoms with Gasteiger partial charge in [-0.1, -0.05) is 24.3 Å². The number of benzene rings is 1. The molecule has 5 heteroatoms. The van der Waals surface area contributed by atoms with Gasteiger partial charge >= 0.3 is 0 Å². The van der Waals surface area contributed by atoms with Crippen molar-refractivity contribution in [2.45, 2.75) is 13.5 Å². The Kier molecular flexibility index (Phi) is 6.18. The molecular formula is C13H22N4O. The molecule has 0 radical (unpaired) electrons. The number of hydrazine groups is 1. The van der Waals surface area contributed by atoms with Gasteiger partial charge in [-0.05, 0) is 18.1 Å². The van der Waals surface area contributed by atoms with Crippen molar-refractivity contribution in [1.82, 2.24) is 10.3 Å². The molecule has 3 N–H and O–H groups in total. The summed E-state index contributed by atoms with van der Waals surface area (Å²) in [6.45, 7) is 4.04. The molecule has 0 aliphatic heterocycles. The molecule has 0 aliphatic rings. The number of guanidine groups is 1. The number of ether oxygens (including phenoxy) is 1. The fraction of sp³-hybridized carbons (Fsp3) is 0.462. The molecule has 0 amide bonds. The predicted molar refractivity (Wildman–Crippen MR) is 74.1 cm³/mol. The number of nitrogens with two attached hydrogens (primary N) is 1. The third kappa shape index (κ3) is 4.35. The Bertz CT molecular complexity index is 392. The highest BCUT2D eigenvalue weighted by atomic mass is 16.5. The summed E-state index contributed by atoms with van der Waals surface area (Å²) in [5, 5.41) is 0. The minimum atomic E-state index is 0.587. The van der Waals surface area contributed by atoms with Crippen LogP contribution in [0, 0.1) is 6.92 Å². The molecule has 100 valence electrons. The zero-order valence-electron chi connectivity index (χ0n) is 11.3. The summed E-state index contributed by atoms with van der Waals surface area (Å²) < 4.78 is 4.96. The molecular weight excluding hydrogens is 228 g/mol. The van der Waals surface area contributed by atoms with Crippen LogP contribution in [0.15, 0.2) is 29.3 Å². The van der Waals surface area contributed by atoms with Crippen LogP contribution in [-0.2, 0) is 11.3 Å². The minimum Gasteiger partial charge on any atom is -0.383 e. The van der Waals surface area contributed by atoms with Crippen molar-refractivity contribution in [3.8, 4) is 0 Å². The Morgan fingerprint density at radius 1 is 1.44 bits per heavy atom. The molecule has 0 aliphatic carbocycles. The van der Waals surface area contributed by atoms with Crippen LogP contribution in [0.2, 0.25) is 0 Å². The number of nitrogens with one attached hydrogen (secondary N) is 1. The molecule has 0 atom stereocenters. The van der Waals surface area contributed by atoms with Gasteiger partial charge in [0.25, 0.3) is 0 Å². The van der Waals surface area contributed by atoms with Crippen LogP contribution in [0.4, 0.5) is 0 Å². The molecule has 1 aromatic rings. The van der Waals surface area contributed by atoms with E-state index in [1.54, 1.807) is 7.11 Å². The highest BCUT2D eigenvalue weighted by Gasteiger charge is 2.06. The van der Waals surface area contributed by atoms with Gasteiger partial charge in [0.2, 0.25) is 5.96 Å². The Morgan fingerprint density at radius 2 is 2.17 bits per heavy atom. The summed E-state index contributed by atoms with van der Waals surface area (Å²) in [6.07, 6.45) is 0. The van der Waals surface area contributed by atoms with E-state index in [1.165, 1.54) is 11.1 Å². The van der Waals surface area contributed by atoms with E-state index in [2.05, 4.69) is 29.5 Å². The van der Waals surface area contributed by atoms with E-state index in [-0.39, 0.29) is 0 Å². The van der Waals surface area contributed by atoms with Gasteiger partial charge in [-0.2, -0.15) is 0 Å². The summed E-state index contributed by atoms with van der Waals surface area (Å²) in [6, 6.07) is 8.28. The van der Waals surface area contributed by atoms with Crippen LogP contribution < -0.4 is 11.3 Å². The summed E-state index contributed by atoms with van der Waals surface area (Å²) in [5.41, 5.74) is 5.14. The second-order valence-corrected chi connectivity index (χ2v) is 4.13. The van der Waals surface area contributed by atoms with Gasteiger partial charge in [-0.3, -0.25) is 5.43 Å². The lowest BCUT2D eigenvalue weighted by atomic mass is 10.1. The van der Waals surface area contributed by atoms with Crippen molar-refractivity contribution < 1.29 is 4.74 Å². The highest BCUT2D eigenvalue weighted by molar-refractivity contribution is 5.79. The second kappa shape index (κ2) is 7.68. The Labute approximate surface area is 109 Å². The summed E-state index contributed by atoms with van der Waals surface area (Å²) in [5.74, 6) is 6.15. The van der Waals surface area contributed by atoms with Crippen molar-refractivity contribution in [3.63, 3.8) is 0 Å². The molecule has 1 rings (SSSR count). The first-order valence-electron chi connectivity index (χ1n) is 5.94. The molecule has 0 bridgehead atoms. The van der Waals surface area contributed by atoms with E-state index in [1.807, 2.05) is 24.1 Å². The molecule has 0 heterocycles. The van der Waals surface area contributed by atoms with E-state index in [4.69, 9.17) is 10.6 Å². The van der Waals surface area contributed by atoms with Gasteiger partial charge in [0, 0.05) is 20.7 Å². The number of methoxy groups -OCH3 is 1. The molecule has 0 aromatic heterocycles. The number of nitrogens with zero attached hydrogens (tertiary/aromatic N) is 2. The quantitative estimate of drug-likeness (QED) is 0.268. The van der Waals surface area contributed by atoms with Gasteiger partial charge in [0.15, 0.2) is 0 Å². The van der Waals surface area contributed by atoms with E-state index < -0.39 is 0 Å². The Hall–Kier alpha value is -1.59. The SMILES string of the molecule is COCCN=C(NN)N(C)Cc1ccccc1C. The fourth-order valence-electron chi connectivity index (χ4n) is 1.64. The van der Waals surface area contributed by atoms with Crippen LogP contribution in [0.1, 0.15) is 11.1 Å². The number of aryl methyl sites for hydroxylation is 1. The van der Waals surface area contributed by atoms with E-state index in [9.17, 15) is 0 Å². The molecule has 0 fully saturated rings. The lowest BCUT2D eigenvalue weighted by Gasteiger charge is -2.21. The number of hydrogen-bond acceptors (Lipinski definition) is 3. The molecule has 18 heavy (non-hydrogen) atoms. The van der Waals surface area contributed by atoms with Crippen molar-refractivity contribution in [2.75, 3.05) is 27.3 Å².